The zero-order chi connectivity index (χ0) is 19.1. The summed E-state index contributed by atoms with van der Waals surface area (Å²) in [6.45, 7) is 0.829. The molecule has 1 saturated heterocycles. The van der Waals surface area contributed by atoms with Crippen molar-refractivity contribution in [2.45, 2.75) is 69.6 Å². The Hall–Kier alpha value is -1.40. The first kappa shape index (κ1) is 20.3. The van der Waals surface area contributed by atoms with Gasteiger partial charge in [-0.1, -0.05) is 62.4 Å². The number of piperidine rings is 1. The Morgan fingerprint density at radius 1 is 0.963 bits per heavy atom. The quantitative estimate of drug-likeness (QED) is 0.834. The van der Waals surface area contributed by atoms with Crippen LogP contribution in [0, 0.1) is 5.92 Å². The van der Waals surface area contributed by atoms with Crippen LogP contribution in [-0.2, 0) is 20.6 Å². The van der Waals surface area contributed by atoms with Gasteiger partial charge in [0, 0.05) is 19.1 Å². The molecule has 0 aromatic heterocycles. The molecule has 150 valence electrons. The van der Waals surface area contributed by atoms with Gasteiger partial charge in [-0.15, -0.1) is 0 Å². The summed E-state index contributed by atoms with van der Waals surface area (Å²) in [5.74, 6) is -0.180. The number of hydrogen-bond donors (Lipinski definition) is 1. The highest BCUT2D eigenvalue weighted by atomic mass is 32.2. The molecule has 0 radical (unpaired) electrons. The summed E-state index contributed by atoms with van der Waals surface area (Å²) < 4.78 is 27.1. The Balaban J connectivity index is 1.57. The van der Waals surface area contributed by atoms with E-state index in [1.165, 1.54) is 36.4 Å². The van der Waals surface area contributed by atoms with Crippen LogP contribution in [0.5, 0.6) is 0 Å². The van der Waals surface area contributed by atoms with Crippen LogP contribution >= 0.6 is 0 Å². The third-order valence-corrected chi connectivity index (χ3v) is 7.61. The van der Waals surface area contributed by atoms with Crippen LogP contribution in [0.4, 0.5) is 0 Å². The minimum atomic E-state index is -3.39. The van der Waals surface area contributed by atoms with Crippen molar-refractivity contribution in [3.8, 4) is 0 Å². The van der Waals surface area contributed by atoms with Crippen molar-refractivity contribution in [3.05, 3.63) is 35.9 Å². The second-order valence-electron chi connectivity index (χ2n) is 7.99. The minimum Gasteiger partial charge on any atom is -0.353 e. The number of nitrogens with zero attached hydrogens (tertiary/aromatic N) is 1. The van der Waals surface area contributed by atoms with Crippen LogP contribution in [0.2, 0.25) is 0 Å². The van der Waals surface area contributed by atoms with Gasteiger partial charge >= 0.3 is 0 Å². The molecule has 3 rings (SSSR count). The van der Waals surface area contributed by atoms with Crippen molar-refractivity contribution in [1.29, 1.82) is 0 Å². The predicted molar refractivity (Wildman–Crippen MR) is 108 cm³/mol. The molecule has 1 aromatic carbocycles. The van der Waals surface area contributed by atoms with Crippen LogP contribution < -0.4 is 5.32 Å². The molecule has 1 aliphatic heterocycles. The molecule has 2 fully saturated rings. The van der Waals surface area contributed by atoms with Gasteiger partial charge in [0.1, 0.15) is 0 Å². The molecule has 1 atom stereocenters. The SMILES string of the molecule is O=C(NC1CCCCCCC1)C1CCCN(S(=O)(=O)Cc2ccccc2)C1. The molecule has 6 heteroatoms. The molecule has 1 heterocycles. The van der Waals surface area contributed by atoms with Crippen LogP contribution in [0.15, 0.2) is 30.3 Å². The Labute approximate surface area is 163 Å². The lowest BCUT2D eigenvalue weighted by Crippen LogP contribution is -2.47. The Kier molecular flexibility index (Phi) is 7.30. The van der Waals surface area contributed by atoms with E-state index in [4.69, 9.17) is 0 Å². The van der Waals surface area contributed by atoms with Gasteiger partial charge in [0.05, 0.1) is 11.7 Å². The van der Waals surface area contributed by atoms with Crippen molar-refractivity contribution in [3.63, 3.8) is 0 Å². The number of nitrogens with one attached hydrogen (secondary N) is 1. The largest absolute Gasteiger partial charge is 0.353 e. The van der Waals surface area contributed by atoms with Crippen molar-refractivity contribution in [1.82, 2.24) is 9.62 Å². The van der Waals surface area contributed by atoms with E-state index in [2.05, 4.69) is 5.32 Å². The van der Waals surface area contributed by atoms with E-state index in [-0.39, 0.29) is 23.6 Å². The summed E-state index contributed by atoms with van der Waals surface area (Å²) >= 11 is 0. The summed E-state index contributed by atoms with van der Waals surface area (Å²) in [5, 5.41) is 3.22. The fraction of sp³-hybridized carbons (Fsp3) is 0.667. The highest BCUT2D eigenvalue weighted by Crippen LogP contribution is 2.23. The van der Waals surface area contributed by atoms with E-state index < -0.39 is 10.0 Å². The number of amides is 1. The first-order valence-electron chi connectivity index (χ1n) is 10.4. The normalized spacial score (nSPS) is 23.3. The molecule has 1 unspecified atom stereocenters. The molecule has 0 bridgehead atoms. The first-order valence-corrected chi connectivity index (χ1v) is 12.0. The number of benzene rings is 1. The Morgan fingerprint density at radius 2 is 1.63 bits per heavy atom. The maximum atomic E-state index is 12.8. The van der Waals surface area contributed by atoms with Gasteiger partial charge in [0.2, 0.25) is 15.9 Å². The molecule has 0 spiro atoms. The molecule has 2 aliphatic rings. The van der Waals surface area contributed by atoms with Crippen molar-refractivity contribution in [2.24, 2.45) is 5.92 Å². The number of sulfonamides is 1. The van der Waals surface area contributed by atoms with Crippen LogP contribution in [0.25, 0.3) is 0 Å². The second-order valence-corrected chi connectivity index (χ2v) is 9.96. The molecular formula is C21H32N2O3S. The molecule has 1 saturated carbocycles. The van der Waals surface area contributed by atoms with E-state index in [1.807, 2.05) is 30.3 Å². The average Bonchev–Trinajstić information content (AvgIpc) is 2.64. The van der Waals surface area contributed by atoms with E-state index in [0.29, 0.717) is 13.1 Å². The summed E-state index contributed by atoms with van der Waals surface area (Å²) in [5.41, 5.74) is 0.790. The topological polar surface area (TPSA) is 66.5 Å². The zero-order valence-electron chi connectivity index (χ0n) is 16.1. The van der Waals surface area contributed by atoms with Gasteiger partial charge in [0.25, 0.3) is 0 Å². The monoisotopic (exact) mass is 392 g/mol. The van der Waals surface area contributed by atoms with E-state index >= 15 is 0 Å². The molecule has 1 aliphatic carbocycles. The fourth-order valence-electron chi connectivity index (χ4n) is 4.20. The van der Waals surface area contributed by atoms with Gasteiger partial charge in [-0.3, -0.25) is 4.79 Å². The van der Waals surface area contributed by atoms with E-state index in [1.54, 1.807) is 0 Å². The lowest BCUT2D eigenvalue weighted by Gasteiger charge is -2.32. The fourth-order valence-corrected chi connectivity index (χ4v) is 5.82. The molecule has 27 heavy (non-hydrogen) atoms. The maximum Gasteiger partial charge on any atom is 0.224 e. The van der Waals surface area contributed by atoms with Gasteiger partial charge < -0.3 is 5.32 Å². The minimum absolute atomic E-state index is 0.00477. The van der Waals surface area contributed by atoms with Gasteiger partial charge in [0.15, 0.2) is 0 Å². The standard InChI is InChI=1S/C21H32N2O3S/c24-21(22-20-13-7-2-1-3-8-14-20)19-12-9-15-23(16-19)27(25,26)17-18-10-5-4-6-11-18/h4-6,10-11,19-20H,1-3,7-9,12-17H2,(H,22,24). The second kappa shape index (κ2) is 9.69. The molecular weight excluding hydrogens is 360 g/mol. The maximum absolute atomic E-state index is 12.8. The number of hydrogen-bond acceptors (Lipinski definition) is 3. The predicted octanol–water partition coefficient (Wildman–Crippen LogP) is 3.46. The lowest BCUT2D eigenvalue weighted by molar-refractivity contribution is -0.126. The lowest BCUT2D eigenvalue weighted by atomic mass is 9.94. The molecule has 1 aromatic rings. The highest BCUT2D eigenvalue weighted by molar-refractivity contribution is 7.88. The van der Waals surface area contributed by atoms with Crippen LogP contribution in [-0.4, -0.2) is 37.8 Å². The number of carbonyl (C=O) groups excluding carboxylic acids is 1. The summed E-state index contributed by atoms with van der Waals surface area (Å²) in [6.07, 6.45) is 9.77. The molecule has 1 amide bonds. The van der Waals surface area contributed by atoms with Crippen LogP contribution in [0.1, 0.15) is 63.4 Å². The zero-order valence-corrected chi connectivity index (χ0v) is 16.9. The molecule has 5 nitrogen and oxygen atoms in total. The van der Waals surface area contributed by atoms with Gasteiger partial charge in [-0.2, -0.15) is 0 Å². The van der Waals surface area contributed by atoms with Crippen molar-refractivity contribution in [2.75, 3.05) is 13.1 Å². The Bertz CT molecular complexity index is 697. The van der Waals surface area contributed by atoms with E-state index in [9.17, 15) is 13.2 Å². The first-order chi connectivity index (χ1) is 13.0. The van der Waals surface area contributed by atoms with Gasteiger partial charge in [-0.05, 0) is 31.2 Å². The third kappa shape index (κ3) is 6.04. The van der Waals surface area contributed by atoms with E-state index in [0.717, 1.165) is 31.2 Å². The third-order valence-electron chi connectivity index (χ3n) is 5.79. The smallest absolute Gasteiger partial charge is 0.224 e. The number of rotatable bonds is 5. The van der Waals surface area contributed by atoms with Gasteiger partial charge in [-0.25, -0.2) is 12.7 Å². The van der Waals surface area contributed by atoms with Crippen LogP contribution in [0.3, 0.4) is 0 Å². The molecule has 1 N–H and O–H groups in total. The summed E-state index contributed by atoms with van der Waals surface area (Å²) in [7, 11) is -3.39. The Morgan fingerprint density at radius 3 is 2.33 bits per heavy atom. The summed E-state index contributed by atoms with van der Waals surface area (Å²) in [6, 6.07) is 9.51. The summed E-state index contributed by atoms with van der Waals surface area (Å²) in [4.78, 5) is 12.8. The van der Waals surface area contributed by atoms with Crippen molar-refractivity contribution < 1.29 is 13.2 Å². The highest BCUT2D eigenvalue weighted by Gasteiger charge is 2.33. The number of carbonyl (C=O) groups is 1. The average molecular weight is 393 g/mol. The van der Waals surface area contributed by atoms with Crippen molar-refractivity contribution >= 4 is 15.9 Å².